The van der Waals surface area contributed by atoms with Crippen LogP contribution in [0.25, 0.3) is 0 Å². The minimum absolute atomic E-state index is 0.0741. The molecule has 3 aromatic rings. The van der Waals surface area contributed by atoms with Crippen molar-refractivity contribution in [2.45, 2.75) is 24.5 Å². The number of benzene rings is 3. The molecule has 0 radical (unpaired) electrons. The quantitative estimate of drug-likeness (QED) is 0.520. The number of hydrogen-bond donors (Lipinski definition) is 2. The van der Waals surface area contributed by atoms with Gasteiger partial charge in [-0.2, -0.15) is 26.3 Å². The van der Waals surface area contributed by atoms with E-state index in [2.05, 4.69) is 0 Å². The Bertz CT molecular complexity index is 1190. The number of phenolic OH excluding ortho intramolecular Hbond substituents is 1. The highest BCUT2D eigenvalue weighted by Gasteiger charge is 2.53. The van der Waals surface area contributed by atoms with E-state index in [1.54, 1.807) is 30.3 Å². The summed E-state index contributed by atoms with van der Waals surface area (Å²) >= 11 is 0. The summed E-state index contributed by atoms with van der Waals surface area (Å²) in [6.07, 6.45) is -10.7. The maximum absolute atomic E-state index is 13.5. The van der Waals surface area contributed by atoms with E-state index in [0.717, 1.165) is 4.90 Å². The lowest BCUT2D eigenvalue weighted by Crippen LogP contribution is -2.41. The average Bonchev–Trinajstić information content (AvgIpc) is 2.96. The molecule has 33 heavy (non-hydrogen) atoms. The SMILES string of the molecule is O=C1N(Cc2ccccc2)c2ccccc2[C@@]1(O)c1cc(C(F)(F)F)c(O)c(C(F)(F)F)c1. The molecule has 10 heteroatoms. The van der Waals surface area contributed by atoms with Crippen LogP contribution in [0.4, 0.5) is 32.0 Å². The van der Waals surface area contributed by atoms with Gasteiger partial charge in [-0.15, -0.1) is 0 Å². The molecule has 0 bridgehead atoms. The molecule has 172 valence electrons. The van der Waals surface area contributed by atoms with Gasteiger partial charge in [0, 0.05) is 5.56 Å². The fourth-order valence-electron chi connectivity index (χ4n) is 3.91. The lowest BCUT2D eigenvalue weighted by Gasteiger charge is -2.26. The number of hydrogen-bond acceptors (Lipinski definition) is 3. The molecule has 2 N–H and O–H groups in total. The van der Waals surface area contributed by atoms with Crippen LogP contribution in [0.15, 0.2) is 66.7 Å². The Hall–Kier alpha value is -3.53. The molecule has 0 aromatic heterocycles. The highest BCUT2D eigenvalue weighted by Crippen LogP contribution is 2.50. The number of aliphatic hydroxyl groups is 1. The standard InChI is InChI=1S/C23H15F6NO3/c24-22(25,26)16-10-14(11-17(19(16)31)23(27,28)29)21(33)15-8-4-5-9-18(15)30(20(21)32)12-13-6-2-1-3-7-13/h1-11,31,33H,12H2/t21-/m0/s1. The zero-order valence-corrected chi connectivity index (χ0v) is 16.6. The van der Waals surface area contributed by atoms with Crippen LogP contribution in [-0.2, 0) is 29.3 Å². The number of para-hydroxylation sites is 1. The van der Waals surface area contributed by atoms with E-state index in [1.807, 2.05) is 0 Å². The third-order valence-corrected chi connectivity index (χ3v) is 5.46. The molecule has 3 aromatic carbocycles. The number of halogens is 6. The second kappa shape index (κ2) is 7.51. The van der Waals surface area contributed by atoms with E-state index in [1.165, 1.54) is 24.3 Å². The van der Waals surface area contributed by atoms with E-state index >= 15 is 0 Å². The van der Waals surface area contributed by atoms with Crippen molar-refractivity contribution in [2.75, 3.05) is 4.90 Å². The number of anilines is 1. The molecular weight excluding hydrogens is 452 g/mol. The van der Waals surface area contributed by atoms with Gasteiger partial charge in [0.2, 0.25) is 0 Å². The first-order chi connectivity index (χ1) is 15.3. The second-order valence-electron chi connectivity index (χ2n) is 7.52. The lowest BCUT2D eigenvalue weighted by atomic mass is 9.85. The van der Waals surface area contributed by atoms with Gasteiger partial charge in [0.1, 0.15) is 5.75 Å². The van der Waals surface area contributed by atoms with Gasteiger partial charge in [0.25, 0.3) is 5.91 Å². The molecule has 4 rings (SSSR count). The number of carbonyl (C=O) groups excluding carboxylic acids is 1. The van der Waals surface area contributed by atoms with E-state index in [-0.39, 0.29) is 29.9 Å². The van der Waals surface area contributed by atoms with Crippen LogP contribution in [-0.4, -0.2) is 16.1 Å². The summed E-state index contributed by atoms with van der Waals surface area (Å²) in [5, 5.41) is 21.1. The first kappa shape index (κ1) is 22.7. The average molecular weight is 467 g/mol. The smallest absolute Gasteiger partial charge is 0.419 e. The fourth-order valence-corrected chi connectivity index (χ4v) is 3.91. The predicted octanol–water partition coefficient (Wildman–Crippen LogP) is 5.21. The van der Waals surface area contributed by atoms with Gasteiger partial charge in [-0.1, -0.05) is 48.5 Å². The summed E-state index contributed by atoms with van der Waals surface area (Å²) in [6, 6.07) is 14.4. The van der Waals surface area contributed by atoms with Crippen LogP contribution >= 0.6 is 0 Å². The Morgan fingerprint density at radius 2 is 1.33 bits per heavy atom. The topological polar surface area (TPSA) is 60.8 Å². The monoisotopic (exact) mass is 467 g/mol. The number of carbonyl (C=O) groups is 1. The van der Waals surface area contributed by atoms with Crippen molar-refractivity contribution in [3.8, 4) is 5.75 Å². The first-order valence-corrected chi connectivity index (χ1v) is 9.54. The number of rotatable bonds is 3. The third kappa shape index (κ3) is 3.70. The summed E-state index contributed by atoms with van der Waals surface area (Å²) in [7, 11) is 0. The summed E-state index contributed by atoms with van der Waals surface area (Å²) < 4.78 is 80.8. The molecule has 0 saturated heterocycles. The summed E-state index contributed by atoms with van der Waals surface area (Å²) in [4.78, 5) is 14.4. The summed E-state index contributed by atoms with van der Waals surface area (Å²) in [5.41, 5.74) is -7.20. The number of fused-ring (bicyclic) bond motifs is 1. The van der Waals surface area contributed by atoms with Crippen molar-refractivity contribution < 1.29 is 41.4 Å². The minimum Gasteiger partial charge on any atom is -0.507 e. The second-order valence-corrected chi connectivity index (χ2v) is 7.52. The molecular formula is C23H15F6NO3. The van der Waals surface area contributed by atoms with Crippen LogP contribution in [0, 0.1) is 0 Å². The van der Waals surface area contributed by atoms with Crippen LogP contribution in [0.3, 0.4) is 0 Å². The molecule has 1 aliphatic rings. The molecule has 1 amide bonds. The molecule has 1 atom stereocenters. The zero-order valence-electron chi connectivity index (χ0n) is 16.6. The van der Waals surface area contributed by atoms with E-state index < -0.39 is 46.3 Å². The number of aromatic hydroxyl groups is 1. The van der Waals surface area contributed by atoms with Gasteiger partial charge in [-0.25, -0.2) is 0 Å². The number of alkyl halides is 6. The Morgan fingerprint density at radius 3 is 1.88 bits per heavy atom. The fraction of sp³-hybridized carbons (Fsp3) is 0.174. The van der Waals surface area contributed by atoms with Crippen molar-refractivity contribution >= 4 is 11.6 Å². The Morgan fingerprint density at radius 1 is 0.818 bits per heavy atom. The normalized spacial score (nSPS) is 18.5. The van der Waals surface area contributed by atoms with Crippen molar-refractivity contribution in [1.82, 2.24) is 0 Å². The lowest BCUT2D eigenvalue weighted by molar-refractivity contribution is -0.146. The largest absolute Gasteiger partial charge is 0.507 e. The first-order valence-electron chi connectivity index (χ1n) is 9.54. The van der Waals surface area contributed by atoms with Gasteiger partial charge in [0.05, 0.1) is 23.4 Å². The predicted molar refractivity (Wildman–Crippen MR) is 105 cm³/mol. The molecule has 1 aliphatic heterocycles. The van der Waals surface area contributed by atoms with Gasteiger partial charge < -0.3 is 15.1 Å². The van der Waals surface area contributed by atoms with Crippen molar-refractivity contribution in [1.29, 1.82) is 0 Å². The van der Waals surface area contributed by atoms with Gasteiger partial charge >= 0.3 is 12.4 Å². The molecule has 1 heterocycles. The van der Waals surface area contributed by atoms with Crippen LogP contribution < -0.4 is 4.90 Å². The molecule has 0 saturated carbocycles. The Balaban J connectivity index is 1.94. The molecule has 0 unspecified atom stereocenters. The molecule has 0 aliphatic carbocycles. The van der Waals surface area contributed by atoms with Crippen molar-refractivity contribution in [2.24, 2.45) is 0 Å². The third-order valence-electron chi connectivity index (χ3n) is 5.46. The van der Waals surface area contributed by atoms with Gasteiger partial charge in [0.15, 0.2) is 5.60 Å². The number of amides is 1. The maximum atomic E-state index is 13.5. The van der Waals surface area contributed by atoms with Crippen LogP contribution in [0.2, 0.25) is 0 Å². The minimum atomic E-state index is -5.37. The van der Waals surface area contributed by atoms with Crippen molar-refractivity contribution in [3.63, 3.8) is 0 Å². The molecule has 4 nitrogen and oxygen atoms in total. The highest BCUT2D eigenvalue weighted by molar-refractivity contribution is 6.09. The highest BCUT2D eigenvalue weighted by atomic mass is 19.4. The van der Waals surface area contributed by atoms with E-state index in [9.17, 15) is 41.4 Å². The zero-order chi connectivity index (χ0) is 24.2. The molecule has 0 spiro atoms. The van der Waals surface area contributed by atoms with Crippen LogP contribution in [0.1, 0.15) is 27.8 Å². The van der Waals surface area contributed by atoms with Crippen LogP contribution in [0.5, 0.6) is 5.75 Å². The molecule has 0 fully saturated rings. The number of phenols is 1. The summed E-state index contributed by atoms with van der Waals surface area (Å²) in [5.74, 6) is -3.14. The summed E-state index contributed by atoms with van der Waals surface area (Å²) in [6.45, 7) is -0.0741. The van der Waals surface area contributed by atoms with Crippen molar-refractivity contribution in [3.05, 3.63) is 94.5 Å². The maximum Gasteiger partial charge on any atom is 0.419 e. The van der Waals surface area contributed by atoms with E-state index in [0.29, 0.717) is 5.56 Å². The Labute approximate surface area is 183 Å². The van der Waals surface area contributed by atoms with Gasteiger partial charge in [-0.05, 0) is 29.3 Å². The van der Waals surface area contributed by atoms with Gasteiger partial charge in [-0.3, -0.25) is 4.79 Å². The number of nitrogens with zero attached hydrogens (tertiary/aromatic N) is 1. The Kier molecular flexibility index (Phi) is 5.16. The van der Waals surface area contributed by atoms with E-state index in [4.69, 9.17) is 0 Å².